The monoisotopic (exact) mass is 894 g/mol. The number of aliphatic hydroxyl groups excluding tert-OH is 4. The van der Waals surface area contributed by atoms with Crippen molar-refractivity contribution >= 4 is 31.3 Å². The summed E-state index contributed by atoms with van der Waals surface area (Å²) in [6.07, 6.45) is -13.2. The number of ether oxygens (including phenoxy) is 2. The van der Waals surface area contributed by atoms with Gasteiger partial charge in [0.2, 0.25) is 0 Å². The molecule has 12 atom stereocenters. The largest absolute Gasteiger partial charge is 1.00 e. The van der Waals surface area contributed by atoms with Gasteiger partial charge in [0.25, 0.3) is 42.4 Å². The van der Waals surface area contributed by atoms with Gasteiger partial charge in [-0.3, -0.25) is 47.0 Å². The third kappa shape index (κ3) is 15.6. The Hall–Kier alpha value is 1.68. The summed E-state index contributed by atoms with van der Waals surface area (Å²) in [5.74, 6) is 0. The van der Waals surface area contributed by atoms with Gasteiger partial charge in [-0.15, -0.1) is 0 Å². The second-order valence-corrected chi connectivity index (χ2v) is 15.8. The van der Waals surface area contributed by atoms with Crippen LogP contribution in [0.15, 0.2) is 43.7 Å². The molecule has 2 fully saturated rings. The molecule has 2 aliphatic rings. The van der Waals surface area contributed by atoms with Gasteiger partial charge in [0, 0.05) is 24.5 Å². The Kier molecular flexibility index (Phi) is 24.7. The molecule has 0 aromatic carbocycles. The third-order valence-electron chi connectivity index (χ3n) is 6.32. The molecule has 2 saturated heterocycles. The molecule has 0 amide bonds. The van der Waals surface area contributed by atoms with E-state index >= 15 is 0 Å². The van der Waals surface area contributed by atoms with Crippen LogP contribution in [0.25, 0.3) is 0 Å². The van der Waals surface area contributed by atoms with Crippen molar-refractivity contribution in [2.45, 2.75) is 56.5 Å². The van der Waals surface area contributed by atoms with E-state index in [0.717, 1.165) is 24.5 Å². The topological polar surface area (TPSA) is 416 Å². The molecular weight excluding hydrogens is 868 g/mol. The zero-order valence-electron chi connectivity index (χ0n) is 27.6. The zero-order valence-corrected chi connectivity index (χ0v) is 39.1. The molecule has 2 aromatic heterocycles. The Morgan fingerprint density at radius 2 is 0.889 bits per heavy atom. The van der Waals surface area contributed by atoms with Crippen LogP contribution < -0.4 is 160 Å². The van der Waals surface area contributed by atoms with Crippen LogP contribution in [0.3, 0.4) is 0 Å². The van der Waals surface area contributed by atoms with E-state index in [-0.39, 0.29) is 126 Å². The summed E-state index contributed by atoms with van der Waals surface area (Å²) in [6, 6.07) is 1.68. The number of aromatic amines is 2. The van der Waals surface area contributed by atoms with E-state index in [2.05, 4.69) is 22.0 Å². The quantitative estimate of drug-likeness (QED) is 0.0757. The number of nitrogens with zero attached hydrogens (tertiary/aromatic N) is 2. The van der Waals surface area contributed by atoms with E-state index in [0.29, 0.717) is 9.13 Å². The number of aliphatic hydroxyl groups is 4. The molecule has 2 aromatic rings. The first-order valence-electron chi connectivity index (χ1n) is 12.8. The molecule has 54 heavy (non-hydrogen) atoms. The standard InChI is InChI=1S/C18H26N4O23P4.CH4.4Na/c23-9-1-3-21(17(29)19-9)15-13(27)11(25)7(41-15)5-39-46(31,32)43-48(35,36)45-49(37,38)44-47(33,34)40-6-8-12(26)14(28)16(42-8)22-4-2-10(24)20-18(22)30;;;;;/h1-4,7-8,11-16,25-28H,5-6H2,(H,31,32)(H,33,34)(H,35,36)(H,37,38)(H,19,23,29)(H,20,24,30);1H4;;;;/q;;4*+1/p-4/t7-,8-,11-,12-,13-,14-,15-,16-;;;;;/m1...../s1. The van der Waals surface area contributed by atoms with Crippen molar-refractivity contribution in [1.29, 1.82) is 0 Å². The van der Waals surface area contributed by atoms with Crippen LogP contribution in [0.2, 0.25) is 0 Å². The van der Waals surface area contributed by atoms with Crippen molar-refractivity contribution in [3.8, 4) is 0 Å². The predicted molar refractivity (Wildman–Crippen MR) is 147 cm³/mol. The minimum absolute atomic E-state index is 0. The van der Waals surface area contributed by atoms with Crippen molar-refractivity contribution < 1.29 is 208 Å². The number of hydrogen-bond donors (Lipinski definition) is 6. The average Bonchev–Trinajstić information content (AvgIpc) is 3.38. The molecular formula is C19H26N4Na4O23P4. The van der Waals surface area contributed by atoms with E-state index < -0.39 is 116 Å². The van der Waals surface area contributed by atoms with E-state index in [1.54, 1.807) is 0 Å². The van der Waals surface area contributed by atoms with E-state index in [4.69, 9.17) is 9.47 Å². The molecule has 0 spiro atoms. The SMILES string of the molecule is C.O=c1ccn([C@@H]2O[C@H](COP(=O)([O-])OP(=O)([O-])OP(=O)([O-])OP(=O)([O-])OC[C@H]3O[C@@H](n4ccc(=O)[nH]c4=O)[C@H](O)[C@@H]3O)[C@@H](O)[C@H]2O)c(=O)[nH]1.[Na+].[Na+].[Na+].[Na+]. The van der Waals surface area contributed by atoms with Gasteiger partial charge < -0.3 is 58.5 Å². The van der Waals surface area contributed by atoms with Gasteiger partial charge in [-0.1, -0.05) is 7.43 Å². The first-order valence-corrected chi connectivity index (χ1v) is 18.7. The molecule has 6 N–H and O–H groups in total. The van der Waals surface area contributed by atoms with Gasteiger partial charge in [0.05, 0.1) is 13.2 Å². The van der Waals surface area contributed by atoms with Gasteiger partial charge >= 0.3 is 130 Å². The molecule has 284 valence electrons. The van der Waals surface area contributed by atoms with E-state index in [1.807, 2.05) is 9.97 Å². The molecule has 0 radical (unpaired) electrons. The summed E-state index contributed by atoms with van der Waals surface area (Å²) >= 11 is 0. The van der Waals surface area contributed by atoms with Gasteiger partial charge in [-0.05, 0) is 0 Å². The Balaban J connectivity index is 0. The Bertz CT molecular complexity index is 1840. The van der Waals surface area contributed by atoms with Gasteiger partial charge in [0.15, 0.2) is 12.5 Å². The summed E-state index contributed by atoms with van der Waals surface area (Å²) in [6.45, 7) is -2.66. The second-order valence-electron chi connectivity index (χ2n) is 9.75. The van der Waals surface area contributed by atoms with Gasteiger partial charge in [0.1, 0.15) is 36.6 Å². The fourth-order valence-corrected chi connectivity index (χ4v) is 8.97. The summed E-state index contributed by atoms with van der Waals surface area (Å²) in [4.78, 5) is 97.9. The second kappa shape index (κ2) is 23.0. The maximum Gasteiger partial charge on any atom is 1.00 e. The maximum absolute atomic E-state index is 12.0. The van der Waals surface area contributed by atoms with Crippen molar-refractivity contribution in [1.82, 2.24) is 19.1 Å². The van der Waals surface area contributed by atoms with Crippen molar-refractivity contribution in [3.05, 3.63) is 66.2 Å². The number of phosphoric ester groups is 2. The van der Waals surface area contributed by atoms with Gasteiger partial charge in [-0.25, -0.2) is 22.5 Å². The van der Waals surface area contributed by atoms with Crippen LogP contribution in [0.5, 0.6) is 0 Å². The number of rotatable bonds is 14. The van der Waals surface area contributed by atoms with Crippen LogP contribution in [0, 0.1) is 0 Å². The van der Waals surface area contributed by atoms with Crippen LogP contribution >= 0.6 is 31.3 Å². The number of phosphoric acid groups is 4. The molecule has 0 aliphatic carbocycles. The average molecular weight is 894 g/mol. The van der Waals surface area contributed by atoms with E-state index in [9.17, 15) is 77.4 Å². The Labute approximate surface area is 389 Å². The maximum atomic E-state index is 12.0. The first-order chi connectivity index (χ1) is 22.5. The summed E-state index contributed by atoms with van der Waals surface area (Å²) in [5, 5.41) is 40.5. The molecule has 0 bridgehead atoms. The summed E-state index contributed by atoms with van der Waals surface area (Å²) in [7, 11) is -25.6. The number of hydrogen-bond acceptors (Lipinski definition) is 23. The smallest absolute Gasteiger partial charge is 0.756 e. The molecule has 4 heterocycles. The van der Waals surface area contributed by atoms with E-state index in [1.165, 1.54) is 0 Å². The van der Waals surface area contributed by atoms with Crippen molar-refractivity contribution in [2.75, 3.05) is 13.2 Å². The van der Waals surface area contributed by atoms with Crippen LogP contribution in [-0.2, 0) is 49.7 Å². The number of H-pyrrole nitrogens is 2. The summed E-state index contributed by atoms with van der Waals surface area (Å²) < 4.78 is 78.3. The number of aromatic nitrogens is 4. The molecule has 4 unspecified atom stereocenters. The fraction of sp³-hybridized carbons (Fsp3) is 0.579. The minimum Gasteiger partial charge on any atom is -0.756 e. The minimum atomic E-state index is -6.64. The molecule has 27 nitrogen and oxygen atoms in total. The van der Waals surface area contributed by atoms with Crippen molar-refractivity contribution in [2.24, 2.45) is 0 Å². The molecule has 35 heteroatoms. The predicted octanol–water partition coefficient (Wildman–Crippen LogP) is -18.1. The third-order valence-corrected chi connectivity index (χ3v) is 12.0. The normalized spacial score (nSPS) is 29.2. The first kappa shape index (κ1) is 57.8. The Morgan fingerprint density at radius 1 is 0.593 bits per heavy atom. The molecule has 4 rings (SSSR count). The molecule has 2 aliphatic heterocycles. The Morgan fingerprint density at radius 3 is 1.19 bits per heavy atom. The van der Waals surface area contributed by atoms with Gasteiger partial charge in [-0.2, -0.15) is 0 Å². The fourth-order valence-electron chi connectivity index (χ4n) is 4.22. The zero-order chi connectivity index (χ0) is 36.7. The van der Waals surface area contributed by atoms with Crippen LogP contribution in [-0.4, -0.2) is 89.4 Å². The van der Waals surface area contributed by atoms with Crippen LogP contribution in [0.4, 0.5) is 0 Å². The van der Waals surface area contributed by atoms with Crippen molar-refractivity contribution in [3.63, 3.8) is 0 Å². The number of nitrogens with one attached hydrogen (secondary N) is 2. The van der Waals surface area contributed by atoms with Crippen LogP contribution in [0.1, 0.15) is 19.9 Å². The summed E-state index contributed by atoms with van der Waals surface area (Å²) in [5.41, 5.74) is -3.89. The molecule has 0 saturated carbocycles.